The van der Waals surface area contributed by atoms with Crippen LogP contribution in [0, 0.1) is 5.92 Å². The highest BCUT2D eigenvalue weighted by Crippen LogP contribution is 2.52. The standard InChI is InChI=1S/C16H28O2Si/c1-12-11-16(18-19(5,6)15(2,3)4)10-8-7-9-13(16)14(12)17/h13H,1,7-11H2,2-6H3/t13-,16?/m1/s1. The molecule has 2 aliphatic carbocycles. The molecular formula is C16H28O2Si. The molecule has 0 radical (unpaired) electrons. The summed E-state index contributed by atoms with van der Waals surface area (Å²) in [6.07, 6.45) is 5.14. The van der Waals surface area contributed by atoms with Crippen LogP contribution in [0.25, 0.3) is 0 Å². The SMILES string of the molecule is C=C1CC2(O[Si](C)(C)C(C)(C)C)CCCC[C@@H]2C1=O. The normalized spacial score (nSPS) is 32.6. The average Bonchev–Trinajstić information content (AvgIpc) is 2.49. The lowest BCUT2D eigenvalue weighted by atomic mass is 9.77. The quantitative estimate of drug-likeness (QED) is 0.551. The second-order valence-corrected chi connectivity index (χ2v) is 12.6. The molecule has 2 fully saturated rings. The number of carbonyl (C=O) groups is 1. The van der Waals surface area contributed by atoms with Crippen LogP contribution in [0.1, 0.15) is 52.9 Å². The first-order chi connectivity index (χ1) is 8.59. The molecule has 0 heterocycles. The Labute approximate surface area is 118 Å². The van der Waals surface area contributed by atoms with Crippen molar-refractivity contribution in [2.45, 2.75) is 76.6 Å². The highest BCUT2D eigenvalue weighted by atomic mass is 28.4. The predicted octanol–water partition coefficient (Wildman–Crippen LogP) is 4.47. The maximum Gasteiger partial charge on any atom is 0.192 e. The summed E-state index contributed by atoms with van der Waals surface area (Å²) in [6, 6.07) is 0. The zero-order valence-corrected chi connectivity index (χ0v) is 14.1. The van der Waals surface area contributed by atoms with E-state index in [1.807, 2.05) is 0 Å². The van der Waals surface area contributed by atoms with E-state index in [4.69, 9.17) is 4.43 Å². The van der Waals surface area contributed by atoms with Crippen LogP contribution in [0.3, 0.4) is 0 Å². The van der Waals surface area contributed by atoms with Gasteiger partial charge in [-0.2, -0.15) is 0 Å². The molecule has 0 saturated heterocycles. The van der Waals surface area contributed by atoms with Crippen molar-refractivity contribution in [1.82, 2.24) is 0 Å². The molecule has 2 saturated carbocycles. The van der Waals surface area contributed by atoms with Crippen molar-refractivity contribution in [1.29, 1.82) is 0 Å². The molecule has 0 aliphatic heterocycles. The highest BCUT2D eigenvalue weighted by molar-refractivity contribution is 6.74. The third-order valence-electron chi connectivity index (χ3n) is 5.42. The van der Waals surface area contributed by atoms with Gasteiger partial charge in [0.05, 0.1) is 11.5 Å². The van der Waals surface area contributed by atoms with Gasteiger partial charge in [0.25, 0.3) is 0 Å². The lowest BCUT2D eigenvalue weighted by molar-refractivity contribution is -0.124. The minimum atomic E-state index is -1.84. The molecule has 0 amide bonds. The van der Waals surface area contributed by atoms with Crippen LogP contribution in [0.4, 0.5) is 0 Å². The van der Waals surface area contributed by atoms with Gasteiger partial charge in [-0.1, -0.05) is 40.2 Å². The molecule has 0 spiro atoms. The van der Waals surface area contributed by atoms with Crippen molar-refractivity contribution in [3.63, 3.8) is 0 Å². The molecule has 19 heavy (non-hydrogen) atoms. The largest absolute Gasteiger partial charge is 0.410 e. The van der Waals surface area contributed by atoms with Crippen molar-refractivity contribution >= 4 is 14.1 Å². The number of carbonyl (C=O) groups excluding carboxylic acids is 1. The Kier molecular flexibility index (Phi) is 3.59. The predicted molar refractivity (Wildman–Crippen MR) is 81.7 cm³/mol. The van der Waals surface area contributed by atoms with E-state index in [0.29, 0.717) is 0 Å². The zero-order valence-electron chi connectivity index (χ0n) is 13.1. The van der Waals surface area contributed by atoms with Crippen LogP contribution < -0.4 is 0 Å². The minimum Gasteiger partial charge on any atom is -0.410 e. The van der Waals surface area contributed by atoms with E-state index in [2.05, 4.69) is 40.4 Å². The fraction of sp³-hybridized carbons (Fsp3) is 0.812. The summed E-state index contributed by atoms with van der Waals surface area (Å²) in [5, 5.41) is 0.191. The molecule has 0 N–H and O–H groups in total. The summed E-state index contributed by atoms with van der Waals surface area (Å²) in [5.41, 5.74) is 0.584. The van der Waals surface area contributed by atoms with E-state index in [1.54, 1.807) is 0 Å². The van der Waals surface area contributed by atoms with Crippen molar-refractivity contribution < 1.29 is 9.22 Å². The number of ketones is 1. The van der Waals surface area contributed by atoms with E-state index >= 15 is 0 Å². The second-order valence-electron chi connectivity index (χ2n) is 7.87. The van der Waals surface area contributed by atoms with Crippen molar-refractivity contribution in [3.05, 3.63) is 12.2 Å². The Morgan fingerprint density at radius 2 is 1.95 bits per heavy atom. The summed E-state index contributed by atoms with van der Waals surface area (Å²) >= 11 is 0. The summed E-state index contributed by atoms with van der Waals surface area (Å²) in [5.74, 6) is 0.362. The average molecular weight is 280 g/mol. The second kappa shape index (κ2) is 4.56. The lowest BCUT2D eigenvalue weighted by Crippen LogP contribution is -2.53. The maximum absolute atomic E-state index is 12.3. The summed E-state index contributed by atoms with van der Waals surface area (Å²) in [4.78, 5) is 12.3. The van der Waals surface area contributed by atoms with E-state index in [1.165, 1.54) is 6.42 Å². The molecule has 0 aromatic carbocycles. The van der Waals surface area contributed by atoms with E-state index < -0.39 is 8.32 Å². The Hall–Kier alpha value is -0.413. The van der Waals surface area contributed by atoms with E-state index in [-0.39, 0.29) is 22.3 Å². The van der Waals surface area contributed by atoms with Gasteiger partial charge in [-0.25, -0.2) is 0 Å². The molecule has 2 atom stereocenters. The van der Waals surface area contributed by atoms with Crippen molar-refractivity contribution in [3.8, 4) is 0 Å². The molecule has 1 unspecified atom stereocenters. The lowest BCUT2D eigenvalue weighted by Gasteiger charge is -2.48. The Bertz CT molecular complexity index is 405. The van der Waals surface area contributed by atoms with Gasteiger partial charge < -0.3 is 4.43 Å². The molecule has 0 aromatic rings. The van der Waals surface area contributed by atoms with Gasteiger partial charge in [0, 0.05) is 6.42 Å². The number of hydrogen-bond donors (Lipinski definition) is 0. The first-order valence-electron chi connectivity index (χ1n) is 7.51. The Morgan fingerprint density at radius 1 is 1.32 bits per heavy atom. The van der Waals surface area contributed by atoms with E-state index in [9.17, 15) is 4.79 Å². The fourth-order valence-electron chi connectivity index (χ4n) is 3.31. The summed E-state index contributed by atoms with van der Waals surface area (Å²) in [7, 11) is -1.84. The number of hydrogen-bond acceptors (Lipinski definition) is 2. The third-order valence-corrected chi connectivity index (χ3v) is 9.95. The molecule has 2 nitrogen and oxygen atoms in total. The third kappa shape index (κ3) is 2.47. The molecule has 3 heteroatoms. The Morgan fingerprint density at radius 3 is 2.53 bits per heavy atom. The molecule has 2 aliphatic rings. The van der Waals surface area contributed by atoms with E-state index in [0.717, 1.165) is 31.3 Å². The first-order valence-corrected chi connectivity index (χ1v) is 10.4. The number of rotatable bonds is 2. The van der Waals surface area contributed by atoms with Crippen molar-refractivity contribution in [2.75, 3.05) is 0 Å². The highest BCUT2D eigenvalue weighted by Gasteiger charge is 2.55. The van der Waals surface area contributed by atoms with Crippen LogP contribution >= 0.6 is 0 Å². The first kappa shape index (κ1) is 15.0. The monoisotopic (exact) mass is 280 g/mol. The van der Waals surface area contributed by atoms with Crippen LogP contribution in [0.5, 0.6) is 0 Å². The zero-order chi connectivity index (χ0) is 14.5. The molecule has 0 aromatic heterocycles. The van der Waals surface area contributed by atoms with Gasteiger partial charge in [-0.15, -0.1) is 0 Å². The topological polar surface area (TPSA) is 26.3 Å². The summed E-state index contributed by atoms with van der Waals surface area (Å²) < 4.78 is 6.75. The number of Topliss-reactive ketones (excluding diaryl/α,β-unsaturated/α-hetero) is 1. The smallest absolute Gasteiger partial charge is 0.192 e. The molecule has 0 bridgehead atoms. The Balaban J connectivity index is 2.30. The number of fused-ring (bicyclic) bond motifs is 1. The maximum atomic E-state index is 12.3. The van der Waals surface area contributed by atoms with Crippen LogP contribution in [0.2, 0.25) is 18.1 Å². The van der Waals surface area contributed by atoms with Crippen LogP contribution in [0.15, 0.2) is 12.2 Å². The summed E-state index contributed by atoms with van der Waals surface area (Å²) in [6.45, 7) is 15.4. The minimum absolute atomic E-state index is 0.0860. The fourth-order valence-corrected chi connectivity index (χ4v) is 4.94. The molecule has 108 valence electrons. The van der Waals surface area contributed by atoms with Crippen LogP contribution in [-0.4, -0.2) is 19.7 Å². The van der Waals surface area contributed by atoms with Gasteiger partial charge in [0.2, 0.25) is 0 Å². The van der Waals surface area contributed by atoms with Crippen LogP contribution in [-0.2, 0) is 9.22 Å². The van der Waals surface area contributed by atoms with Gasteiger partial charge in [-0.05, 0) is 36.5 Å². The van der Waals surface area contributed by atoms with Gasteiger partial charge in [-0.3, -0.25) is 4.79 Å². The van der Waals surface area contributed by atoms with Gasteiger partial charge in [0.1, 0.15) is 0 Å². The van der Waals surface area contributed by atoms with Gasteiger partial charge in [0.15, 0.2) is 14.1 Å². The molecular weight excluding hydrogens is 252 g/mol. The van der Waals surface area contributed by atoms with Crippen molar-refractivity contribution in [2.24, 2.45) is 5.92 Å². The van der Waals surface area contributed by atoms with Gasteiger partial charge >= 0.3 is 0 Å². The molecule has 2 rings (SSSR count).